The van der Waals surface area contributed by atoms with Gasteiger partial charge in [-0.25, -0.2) is 0 Å². The van der Waals surface area contributed by atoms with Gasteiger partial charge >= 0.3 is 0 Å². The van der Waals surface area contributed by atoms with Gasteiger partial charge in [0.05, 0.1) is 0 Å². The smallest absolute Gasteiger partial charge is 0.276 e. The Bertz CT molecular complexity index is 658. The molecule has 1 heterocycles. The zero-order chi connectivity index (χ0) is 16.3. The molecule has 1 fully saturated rings. The summed E-state index contributed by atoms with van der Waals surface area (Å²) in [5, 5.41) is 0.516. The van der Waals surface area contributed by atoms with E-state index in [1.807, 2.05) is 25.1 Å². The summed E-state index contributed by atoms with van der Waals surface area (Å²) in [4.78, 5) is 15.7. The molecule has 0 radical (unpaired) electrons. The van der Waals surface area contributed by atoms with Crippen molar-refractivity contribution >= 4 is 45.2 Å². The zero-order valence-electron chi connectivity index (χ0n) is 12.5. The van der Waals surface area contributed by atoms with E-state index in [1.54, 1.807) is 29.0 Å². The molecule has 2 rings (SSSR count). The monoisotopic (exact) mass is 380 g/mol. The molecule has 6 heteroatoms. The summed E-state index contributed by atoms with van der Waals surface area (Å²) >= 11 is 8.74. The highest BCUT2D eigenvalue weighted by Crippen LogP contribution is 2.28. The third kappa shape index (κ3) is 3.23. The standard InChI is InChI=1S/C16H17BrN2O2S/c1-4-8-21-14-7-6-12(17)9-11(14)10-13-15(20)19(5-2)16(22)18(13)3/h4,6-7,9-10H,1,5,8H2,2-3H3/b13-10-. The number of amides is 1. The fourth-order valence-corrected chi connectivity index (χ4v) is 2.84. The molecule has 1 aliphatic rings. The van der Waals surface area contributed by atoms with E-state index in [-0.39, 0.29) is 5.91 Å². The van der Waals surface area contributed by atoms with Crippen molar-refractivity contribution in [3.05, 3.63) is 46.6 Å². The molecule has 22 heavy (non-hydrogen) atoms. The lowest BCUT2D eigenvalue weighted by molar-refractivity contribution is -0.122. The number of rotatable bonds is 5. The van der Waals surface area contributed by atoms with Crippen LogP contribution in [0.2, 0.25) is 0 Å². The highest BCUT2D eigenvalue weighted by atomic mass is 79.9. The minimum absolute atomic E-state index is 0.0929. The second kappa shape index (κ2) is 7.07. The maximum absolute atomic E-state index is 12.4. The van der Waals surface area contributed by atoms with Crippen LogP contribution < -0.4 is 4.74 Å². The normalized spacial score (nSPS) is 16.6. The van der Waals surface area contributed by atoms with Crippen molar-refractivity contribution in [2.24, 2.45) is 0 Å². The Labute approximate surface area is 144 Å². The summed E-state index contributed by atoms with van der Waals surface area (Å²) in [7, 11) is 1.80. The molecule has 1 amide bonds. The second-order valence-corrected chi connectivity index (χ2v) is 5.98. The van der Waals surface area contributed by atoms with Crippen LogP contribution in [0.25, 0.3) is 6.08 Å². The van der Waals surface area contributed by atoms with E-state index in [4.69, 9.17) is 17.0 Å². The van der Waals surface area contributed by atoms with E-state index in [0.717, 1.165) is 10.0 Å². The van der Waals surface area contributed by atoms with E-state index in [0.29, 0.717) is 29.7 Å². The van der Waals surface area contributed by atoms with Crippen LogP contribution in [0.3, 0.4) is 0 Å². The Kier molecular flexibility index (Phi) is 5.37. The first-order valence-corrected chi connectivity index (χ1v) is 8.04. The van der Waals surface area contributed by atoms with Crippen LogP contribution in [0.15, 0.2) is 41.0 Å². The number of carbonyl (C=O) groups excluding carboxylic acids is 1. The molecule has 4 nitrogen and oxygen atoms in total. The molecule has 0 saturated carbocycles. The van der Waals surface area contributed by atoms with Gasteiger partial charge in [0.1, 0.15) is 18.1 Å². The first-order chi connectivity index (χ1) is 10.5. The van der Waals surface area contributed by atoms with Crippen LogP contribution in [0, 0.1) is 0 Å². The molecule has 0 aliphatic carbocycles. The third-order valence-electron chi connectivity index (χ3n) is 3.28. The quantitative estimate of drug-likeness (QED) is 0.445. The van der Waals surface area contributed by atoms with Gasteiger partial charge in [0.15, 0.2) is 5.11 Å². The van der Waals surface area contributed by atoms with E-state index in [2.05, 4.69) is 22.5 Å². The maximum atomic E-state index is 12.4. The summed E-state index contributed by atoms with van der Waals surface area (Å²) in [6.07, 6.45) is 3.48. The van der Waals surface area contributed by atoms with E-state index in [9.17, 15) is 4.79 Å². The van der Waals surface area contributed by atoms with Gasteiger partial charge < -0.3 is 9.64 Å². The molecule has 0 aromatic heterocycles. The summed E-state index contributed by atoms with van der Waals surface area (Å²) < 4.78 is 6.55. The van der Waals surface area contributed by atoms with Crippen LogP contribution in [-0.4, -0.2) is 41.0 Å². The lowest BCUT2D eigenvalue weighted by Crippen LogP contribution is -2.30. The third-order valence-corrected chi connectivity index (χ3v) is 4.27. The van der Waals surface area contributed by atoms with Crippen LogP contribution in [0.1, 0.15) is 12.5 Å². The van der Waals surface area contributed by atoms with Crippen LogP contribution in [0.4, 0.5) is 0 Å². The number of hydrogen-bond acceptors (Lipinski definition) is 3. The first kappa shape index (κ1) is 16.7. The average molecular weight is 381 g/mol. The van der Waals surface area contributed by atoms with Crippen molar-refractivity contribution < 1.29 is 9.53 Å². The summed E-state index contributed by atoms with van der Waals surface area (Å²) in [5.74, 6) is 0.599. The van der Waals surface area contributed by atoms with E-state index < -0.39 is 0 Å². The topological polar surface area (TPSA) is 32.8 Å². The number of likely N-dealkylation sites (N-methyl/N-ethyl adjacent to an activating group) is 2. The summed E-state index contributed by atoms with van der Waals surface area (Å²) in [5.41, 5.74) is 1.35. The molecule has 0 unspecified atom stereocenters. The molecule has 1 aromatic carbocycles. The number of ether oxygens (including phenoxy) is 1. The summed E-state index contributed by atoms with van der Waals surface area (Å²) in [6.45, 7) is 6.50. The van der Waals surface area contributed by atoms with Crippen molar-refractivity contribution in [3.8, 4) is 5.75 Å². The van der Waals surface area contributed by atoms with Gasteiger partial charge in [-0.2, -0.15) is 0 Å². The minimum atomic E-state index is -0.0929. The molecule has 1 aromatic rings. The predicted octanol–water partition coefficient (Wildman–Crippen LogP) is 3.43. The lowest BCUT2D eigenvalue weighted by atomic mass is 10.1. The van der Waals surface area contributed by atoms with Crippen LogP contribution >= 0.6 is 28.1 Å². The summed E-state index contributed by atoms with van der Waals surface area (Å²) in [6, 6.07) is 5.66. The first-order valence-electron chi connectivity index (χ1n) is 6.84. The Morgan fingerprint density at radius 3 is 2.77 bits per heavy atom. The molecule has 116 valence electrons. The molecule has 0 atom stereocenters. The molecular formula is C16H17BrN2O2S. The van der Waals surface area contributed by atoms with Gasteiger partial charge in [0.25, 0.3) is 5.91 Å². The van der Waals surface area contributed by atoms with Crippen molar-refractivity contribution in [1.82, 2.24) is 9.80 Å². The fraction of sp³-hybridized carbons (Fsp3) is 0.250. The largest absolute Gasteiger partial charge is 0.489 e. The number of nitrogens with zero attached hydrogens (tertiary/aromatic N) is 2. The van der Waals surface area contributed by atoms with Crippen LogP contribution in [-0.2, 0) is 4.79 Å². The van der Waals surface area contributed by atoms with Gasteiger partial charge in [0, 0.05) is 23.6 Å². The Hall–Kier alpha value is -1.66. The van der Waals surface area contributed by atoms with Gasteiger partial charge in [0.2, 0.25) is 0 Å². The van der Waals surface area contributed by atoms with Crippen molar-refractivity contribution in [3.63, 3.8) is 0 Å². The van der Waals surface area contributed by atoms with Crippen molar-refractivity contribution in [2.45, 2.75) is 6.92 Å². The molecule has 1 aliphatic heterocycles. The van der Waals surface area contributed by atoms with Crippen molar-refractivity contribution in [1.29, 1.82) is 0 Å². The number of benzene rings is 1. The predicted molar refractivity (Wildman–Crippen MR) is 95.6 cm³/mol. The van der Waals surface area contributed by atoms with E-state index in [1.165, 1.54) is 0 Å². The van der Waals surface area contributed by atoms with Gasteiger partial charge in [-0.05, 0) is 43.4 Å². The number of carbonyl (C=O) groups is 1. The Balaban J connectivity index is 2.43. The molecule has 0 bridgehead atoms. The average Bonchev–Trinajstić information content (AvgIpc) is 2.70. The second-order valence-electron chi connectivity index (χ2n) is 4.70. The highest BCUT2D eigenvalue weighted by molar-refractivity contribution is 9.10. The maximum Gasteiger partial charge on any atom is 0.276 e. The number of thiocarbonyl (C=S) groups is 1. The molecular weight excluding hydrogens is 364 g/mol. The zero-order valence-corrected chi connectivity index (χ0v) is 14.9. The van der Waals surface area contributed by atoms with Gasteiger partial charge in [-0.15, -0.1) is 0 Å². The van der Waals surface area contributed by atoms with Gasteiger partial charge in [-0.1, -0.05) is 28.6 Å². The Morgan fingerprint density at radius 1 is 1.45 bits per heavy atom. The lowest BCUT2D eigenvalue weighted by Gasteiger charge is -2.13. The molecule has 0 spiro atoms. The minimum Gasteiger partial charge on any atom is -0.489 e. The number of halogens is 1. The van der Waals surface area contributed by atoms with E-state index >= 15 is 0 Å². The number of hydrogen-bond donors (Lipinski definition) is 0. The SMILES string of the molecule is C=CCOc1ccc(Br)cc1/C=C1/C(=O)N(CC)C(=S)N1C. The molecule has 1 saturated heterocycles. The fourth-order valence-electron chi connectivity index (χ4n) is 2.15. The van der Waals surface area contributed by atoms with Gasteiger partial charge in [-0.3, -0.25) is 9.69 Å². The Morgan fingerprint density at radius 2 is 2.18 bits per heavy atom. The molecule has 0 N–H and O–H groups in total. The van der Waals surface area contributed by atoms with Crippen LogP contribution in [0.5, 0.6) is 5.75 Å². The van der Waals surface area contributed by atoms with Crippen molar-refractivity contribution in [2.75, 3.05) is 20.2 Å². The highest BCUT2D eigenvalue weighted by Gasteiger charge is 2.34.